The Balaban J connectivity index is 0. The topological polar surface area (TPSA) is 43.1 Å². The lowest BCUT2D eigenvalue weighted by Crippen LogP contribution is -2.06. The van der Waals surface area contributed by atoms with Crippen molar-refractivity contribution >= 4 is 13.8 Å². The predicted octanol–water partition coefficient (Wildman–Crippen LogP) is 9.43. The molecule has 0 aliphatic heterocycles. The molecule has 182 valence electrons. The van der Waals surface area contributed by atoms with Gasteiger partial charge < -0.3 is 5.73 Å². The monoisotopic (exact) mass is 443 g/mol. The normalized spacial score (nSPS) is 10.8. The van der Waals surface area contributed by atoms with Gasteiger partial charge in [-0.3, -0.25) is 4.79 Å². The molecule has 0 bridgehead atoms. The average Bonchev–Trinajstić information content (AvgIpc) is 2.75. The Hall–Kier alpha value is -0.100. The van der Waals surface area contributed by atoms with E-state index in [4.69, 9.17) is 0 Å². The van der Waals surface area contributed by atoms with Crippen molar-refractivity contribution < 1.29 is 4.79 Å². The van der Waals surface area contributed by atoms with Crippen LogP contribution in [0.1, 0.15) is 150 Å². The zero-order valence-corrected chi connectivity index (χ0v) is 22.4. The van der Waals surface area contributed by atoms with Gasteiger partial charge in [-0.25, -0.2) is 0 Å². The molecule has 0 rings (SSSR count). The van der Waals surface area contributed by atoms with Crippen molar-refractivity contribution in [3.63, 3.8) is 0 Å². The molecule has 0 saturated heterocycles. The molecule has 30 heavy (non-hydrogen) atoms. The molecule has 0 spiro atoms. The summed E-state index contributed by atoms with van der Waals surface area (Å²) in [6.45, 7) is 8.68. The van der Waals surface area contributed by atoms with E-state index in [2.05, 4.69) is 26.5 Å². The van der Waals surface area contributed by atoms with Gasteiger partial charge in [-0.15, -0.1) is 7.92 Å². The second-order valence-corrected chi connectivity index (χ2v) is 11.6. The minimum Gasteiger partial charge on any atom is -0.370 e. The average molecular weight is 444 g/mol. The summed E-state index contributed by atoms with van der Waals surface area (Å²) in [4.78, 5) is 9.59. The molecule has 1 amide bonds. The molecule has 0 atom stereocenters. The molecule has 0 aromatic carbocycles. The predicted molar refractivity (Wildman–Crippen MR) is 141 cm³/mol. The molecule has 0 aromatic heterocycles. The fourth-order valence-electron chi connectivity index (χ4n) is 3.68. The van der Waals surface area contributed by atoms with Crippen molar-refractivity contribution in [1.82, 2.24) is 0 Å². The Labute approximate surface area is 192 Å². The second-order valence-electron chi connectivity index (χ2n) is 8.96. The number of nitrogens with two attached hydrogens (primary N) is 1. The maximum absolute atomic E-state index is 9.59. The summed E-state index contributed by atoms with van der Waals surface area (Å²) in [5, 5.41) is 0. The van der Waals surface area contributed by atoms with Crippen LogP contribution in [-0.2, 0) is 4.79 Å². The Morgan fingerprint density at radius 3 is 0.967 bits per heavy atom. The van der Waals surface area contributed by atoms with Crippen LogP contribution in [0.3, 0.4) is 0 Å². The number of primary amides is 1. The van der Waals surface area contributed by atoms with Crippen LogP contribution in [0.25, 0.3) is 0 Å². The summed E-state index contributed by atoms with van der Waals surface area (Å²) in [7, 11) is 0.366. The number of carbonyl (C=O) groups is 1. The number of unbranched alkanes of at least 4 members (excludes halogenated alkanes) is 15. The van der Waals surface area contributed by atoms with Gasteiger partial charge in [0.05, 0.1) is 0 Å². The van der Waals surface area contributed by atoms with Crippen LogP contribution < -0.4 is 5.73 Å². The van der Waals surface area contributed by atoms with Gasteiger partial charge in [0.25, 0.3) is 0 Å². The SMILES string of the molecule is CCC(N)=O.CCCCCCCCP(CCCCCCCC)CCCCCCCC. The van der Waals surface area contributed by atoms with Crippen molar-refractivity contribution in [2.75, 3.05) is 18.5 Å². The van der Waals surface area contributed by atoms with Gasteiger partial charge in [-0.1, -0.05) is 124 Å². The van der Waals surface area contributed by atoms with Crippen LogP contribution in [0.2, 0.25) is 0 Å². The van der Waals surface area contributed by atoms with Crippen LogP contribution in [0.15, 0.2) is 0 Å². The molecular formula is C27H58NOP. The molecule has 0 heterocycles. The van der Waals surface area contributed by atoms with Crippen LogP contribution in [-0.4, -0.2) is 24.4 Å². The molecule has 0 aliphatic carbocycles. The van der Waals surface area contributed by atoms with E-state index in [-0.39, 0.29) is 5.91 Å². The fourth-order valence-corrected chi connectivity index (χ4v) is 6.37. The standard InChI is InChI=1S/C24H51P.C3H7NO/c1-4-7-10-13-16-19-22-25(23-20-17-14-11-8-5-2)24-21-18-15-12-9-6-3;1-2-3(4)5/h4-24H2,1-3H3;2H2,1H3,(H2,4,5). The molecular weight excluding hydrogens is 385 g/mol. The zero-order valence-electron chi connectivity index (χ0n) is 21.5. The molecule has 0 radical (unpaired) electrons. The fraction of sp³-hybridized carbons (Fsp3) is 0.963. The van der Waals surface area contributed by atoms with Crippen molar-refractivity contribution in [1.29, 1.82) is 0 Å². The third kappa shape index (κ3) is 30.1. The summed E-state index contributed by atoms with van der Waals surface area (Å²) in [6, 6.07) is 0. The molecule has 0 fully saturated rings. The van der Waals surface area contributed by atoms with E-state index in [0.717, 1.165) is 0 Å². The quantitative estimate of drug-likeness (QED) is 0.131. The largest absolute Gasteiger partial charge is 0.370 e. The summed E-state index contributed by atoms with van der Waals surface area (Å²) in [6.07, 6.45) is 31.7. The Morgan fingerprint density at radius 2 is 0.733 bits per heavy atom. The summed E-state index contributed by atoms with van der Waals surface area (Å²) in [5.74, 6) is -0.245. The number of carbonyl (C=O) groups excluding carboxylic acids is 1. The van der Waals surface area contributed by atoms with Crippen molar-refractivity contribution in [2.24, 2.45) is 5.73 Å². The van der Waals surface area contributed by atoms with Gasteiger partial charge in [-0.05, 0) is 37.7 Å². The van der Waals surface area contributed by atoms with E-state index in [0.29, 0.717) is 14.3 Å². The molecule has 2 N–H and O–H groups in total. The third-order valence-corrected chi connectivity index (χ3v) is 8.68. The first-order chi connectivity index (χ1) is 14.6. The lowest BCUT2D eigenvalue weighted by molar-refractivity contribution is -0.117. The minimum absolute atomic E-state index is 0.245. The molecule has 2 nitrogen and oxygen atoms in total. The first-order valence-electron chi connectivity index (χ1n) is 13.6. The van der Waals surface area contributed by atoms with E-state index < -0.39 is 0 Å². The maximum Gasteiger partial charge on any atom is 0.217 e. The summed E-state index contributed by atoms with van der Waals surface area (Å²) >= 11 is 0. The molecule has 0 aliphatic rings. The lowest BCUT2D eigenvalue weighted by Gasteiger charge is -2.18. The number of hydrogen-bond acceptors (Lipinski definition) is 1. The molecule has 0 aromatic rings. The first kappa shape index (κ1) is 32.1. The molecule has 0 unspecified atom stereocenters. The minimum atomic E-state index is -0.245. The van der Waals surface area contributed by atoms with Gasteiger partial charge >= 0.3 is 0 Å². The third-order valence-electron chi connectivity index (χ3n) is 5.83. The Bertz CT molecular complexity index is 284. The molecule has 0 saturated carbocycles. The van der Waals surface area contributed by atoms with Gasteiger partial charge in [0.2, 0.25) is 5.91 Å². The van der Waals surface area contributed by atoms with Crippen LogP contribution in [0.5, 0.6) is 0 Å². The highest BCUT2D eigenvalue weighted by atomic mass is 31.1. The Kier molecular flexibility index (Phi) is 30.9. The highest BCUT2D eigenvalue weighted by molar-refractivity contribution is 7.57. The van der Waals surface area contributed by atoms with E-state index in [1.165, 1.54) is 116 Å². The molecule has 3 heteroatoms. The van der Waals surface area contributed by atoms with Crippen molar-refractivity contribution in [2.45, 2.75) is 150 Å². The van der Waals surface area contributed by atoms with Crippen molar-refractivity contribution in [3.05, 3.63) is 0 Å². The Morgan fingerprint density at radius 1 is 0.500 bits per heavy atom. The number of amides is 1. The first-order valence-corrected chi connectivity index (χ1v) is 15.5. The smallest absolute Gasteiger partial charge is 0.217 e. The number of rotatable bonds is 22. The highest BCUT2D eigenvalue weighted by Gasteiger charge is 2.07. The van der Waals surface area contributed by atoms with Crippen LogP contribution in [0, 0.1) is 0 Å². The van der Waals surface area contributed by atoms with E-state index >= 15 is 0 Å². The second kappa shape index (κ2) is 28.9. The van der Waals surface area contributed by atoms with E-state index in [9.17, 15) is 4.79 Å². The van der Waals surface area contributed by atoms with Crippen LogP contribution >= 0.6 is 7.92 Å². The highest BCUT2D eigenvalue weighted by Crippen LogP contribution is 2.39. The van der Waals surface area contributed by atoms with E-state index in [1.54, 1.807) is 25.4 Å². The van der Waals surface area contributed by atoms with Gasteiger partial charge in [0.1, 0.15) is 0 Å². The summed E-state index contributed by atoms with van der Waals surface area (Å²) < 4.78 is 0. The van der Waals surface area contributed by atoms with Crippen molar-refractivity contribution in [3.8, 4) is 0 Å². The van der Waals surface area contributed by atoms with Gasteiger partial charge in [0, 0.05) is 6.42 Å². The number of hydrogen-bond donors (Lipinski definition) is 1. The zero-order chi connectivity index (χ0) is 22.7. The lowest BCUT2D eigenvalue weighted by atomic mass is 10.1. The van der Waals surface area contributed by atoms with Gasteiger partial charge in [0.15, 0.2) is 0 Å². The van der Waals surface area contributed by atoms with Crippen LogP contribution in [0.4, 0.5) is 0 Å². The van der Waals surface area contributed by atoms with E-state index in [1.807, 2.05) is 0 Å². The maximum atomic E-state index is 9.59. The summed E-state index contributed by atoms with van der Waals surface area (Å²) in [5.41, 5.74) is 4.65. The van der Waals surface area contributed by atoms with Gasteiger partial charge in [-0.2, -0.15) is 0 Å².